The second-order valence-electron chi connectivity index (χ2n) is 6.28. The molecular weight excluding hydrogens is 308 g/mol. The van der Waals surface area contributed by atoms with Gasteiger partial charge in [0.15, 0.2) is 0 Å². The molecule has 2 N–H and O–H groups in total. The third-order valence-corrected chi connectivity index (χ3v) is 4.49. The molecule has 104 valence electrons. The van der Waals surface area contributed by atoms with Crippen LogP contribution >= 0.6 is 27.3 Å². The predicted molar refractivity (Wildman–Crippen MR) is 85.0 cm³/mol. The van der Waals surface area contributed by atoms with E-state index in [9.17, 15) is 0 Å². The topological polar surface area (TPSA) is 29.3 Å². The maximum atomic E-state index is 6.17. The zero-order chi connectivity index (χ0) is 13.8. The maximum Gasteiger partial charge on any atom is 0.0325 e. The van der Waals surface area contributed by atoms with Crippen molar-refractivity contribution in [2.45, 2.75) is 46.2 Å². The fraction of sp³-hybridized carbons (Fsp3) is 0.714. The Labute approximate surface area is 124 Å². The van der Waals surface area contributed by atoms with Gasteiger partial charge in [-0.1, -0.05) is 20.8 Å². The third kappa shape index (κ3) is 6.88. The normalized spacial score (nSPS) is 14.2. The first-order chi connectivity index (χ1) is 8.26. The fourth-order valence-corrected chi connectivity index (χ4v) is 3.59. The molecule has 0 saturated heterocycles. The number of hydrogen-bond acceptors (Lipinski definition) is 3. The zero-order valence-corrected chi connectivity index (χ0v) is 14.3. The Bertz CT molecular complexity index is 357. The lowest BCUT2D eigenvalue weighted by atomic mass is 9.87. The molecule has 0 aromatic carbocycles. The van der Waals surface area contributed by atoms with Crippen LogP contribution in [0.4, 0.5) is 0 Å². The van der Waals surface area contributed by atoms with Crippen LogP contribution in [0.2, 0.25) is 0 Å². The average molecular weight is 333 g/mol. The Morgan fingerprint density at radius 3 is 2.61 bits per heavy atom. The second kappa shape index (κ2) is 7.04. The Hall–Kier alpha value is 0.1000. The van der Waals surface area contributed by atoms with Crippen LogP contribution in [-0.4, -0.2) is 24.5 Å². The van der Waals surface area contributed by atoms with E-state index in [-0.39, 0.29) is 0 Å². The fourth-order valence-electron chi connectivity index (χ4n) is 2.06. The van der Waals surface area contributed by atoms with Crippen LogP contribution in [0.25, 0.3) is 0 Å². The highest BCUT2D eigenvalue weighted by atomic mass is 79.9. The van der Waals surface area contributed by atoms with E-state index >= 15 is 0 Å². The summed E-state index contributed by atoms with van der Waals surface area (Å²) in [7, 11) is 2.16. The van der Waals surface area contributed by atoms with Crippen LogP contribution < -0.4 is 5.73 Å². The quantitative estimate of drug-likeness (QED) is 0.849. The first-order valence-corrected chi connectivity index (χ1v) is 8.10. The minimum Gasteiger partial charge on any atom is -0.328 e. The van der Waals surface area contributed by atoms with Crippen LogP contribution in [0.15, 0.2) is 15.9 Å². The number of rotatable bonds is 6. The van der Waals surface area contributed by atoms with E-state index in [0.717, 1.165) is 25.9 Å². The number of nitrogens with two attached hydrogens (primary N) is 1. The Morgan fingerprint density at radius 1 is 1.44 bits per heavy atom. The number of nitrogens with zero attached hydrogens (tertiary/aromatic N) is 1. The summed E-state index contributed by atoms with van der Waals surface area (Å²) < 4.78 is 1.18. The minimum absolute atomic E-state index is 0.308. The average Bonchev–Trinajstić information content (AvgIpc) is 2.58. The van der Waals surface area contributed by atoms with Gasteiger partial charge in [0.2, 0.25) is 0 Å². The van der Waals surface area contributed by atoms with Gasteiger partial charge in [-0.15, -0.1) is 11.3 Å². The second-order valence-corrected chi connectivity index (χ2v) is 8.19. The highest BCUT2D eigenvalue weighted by Gasteiger charge is 2.16. The lowest BCUT2D eigenvalue weighted by molar-refractivity contribution is 0.279. The molecule has 1 heterocycles. The van der Waals surface area contributed by atoms with Crippen molar-refractivity contribution in [2.24, 2.45) is 11.1 Å². The molecule has 0 saturated carbocycles. The summed E-state index contributed by atoms with van der Waals surface area (Å²) in [6.45, 7) is 8.82. The lowest BCUT2D eigenvalue weighted by Crippen LogP contribution is -2.31. The molecule has 0 radical (unpaired) electrons. The largest absolute Gasteiger partial charge is 0.328 e. The standard InChI is InChI=1S/C14H25BrN2S/c1-14(2,3)8-12(16)5-6-17(4)9-13-7-11(15)10-18-13/h7,10,12H,5-6,8-9,16H2,1-4H3. The SMILES string of the molecule is CN(CCC(N)CC(C)(C)C)Cc1cc(Br)cs1. The molecule has 18 heavy (non-hydrogen) atoms. The maximum absolute atomic E-state index is 6.17. The molecular formula is C14H25BrN2S. The van der Waals surface area contributed by atoms with Crippen LogP contribution in [-0.2, 0) is 6.54 Å². The Balaban J connectivity index is 2.26. The van der Waals surface area contributed by atoms with Gasteiger partial charge in [-0.05, 0) is 53.8 Å². The van der Waals surface area contributed by atoms with Crippen molar-refractivity contribution >= 4 is 27.3 Å². The van der Waals surface area contributed by atoms with E-state index in [1.807, 2.05) is 0 Å². The molecule has 1 aromatic heterocycles. The first kappa shape index (κ1) is 16.2. The molecule has 1 atom stereocenters. The van der Waals surface area contributed by atoms with Crippen molar-refractivity contribution < 1.29 is 0 Å². The first-order valence-electron chi connectivity index (χ1n) is 6.43. The molecule has 1 unspecified atom stereocenters. The zero-order valence-electron chi connectivity index (χ0n) is 11.9. The highest BCUT2D eigenvalue weighted by molar-refractivity contribution is 9.10. The summed E-state index contributed by atoms with van der Waals surface area (Å²) >= 11 is 5.29. The van der Waals surface area contributed by atoms with Gasteiger partial charge in [0.1, 0.15) is 0 Å². The van der Waals surface area contributed by atoms with Crippen molar-refractivity contribution in [2.75, 3.05) is 13.6 Å². The van der Waals surface area contributed by atoms with Crippen molar-refractivity contribution in [3.8, 4) is 0 Å². The van der Waals surface area contributed by atoms with Crippen molar-refractivity contribution in [1.29, 1.82) is 0 Å². The molecule has 0 amide bonds. The van der Waals surface area contributed by atoms with E-state index in [1.165, 1.54) is 9.35 Å². The van der Waals surface area contributed by atoms with E-state index < -0.39 is 0 Å². The molecule has 0 aliphatic rings. The van der Waals surface area contributed by atoms with Gasteiger partial charge >= 0.3 is 0 Å². The molecule has 2 nitrogen and oxygen atoms in total. The van der Waals surface area contributed by atoms with Crippen LogP contribution in [0.3, 0.4) is 0 Å². The summed E-state index contributed by atoms with van der Waals surface area (Å²) in [5.41, 5.74) is 6.50. The van der Waals surface area contributed by atoms with Crippen molar-refractivity contribution in [1.82, 2.24) is 4.90 Å². The summed E-state index contributed by atoms with van der Waals surface area (Å²) in [4.78, 5) is 3.75. The van der Waals surface area contributed by atoms with Crippen LogP contribution in [0.5, 0.6) is 0 Å². The molecule has 0 aliphatic heterocycles. The highest BCUT2D eigenvalue weighted by Crippen LogP contribution is 2.22. The van der Waals surface area contributed by atoms with Gasteiger partial charge in [-0.3, -0.25) is 0 Å². The van der Waals surface area contributed by atoms with Gasteiger partial charge in [-0.2, -0.15) is 0 Å². The summed E-state index contributed by atoms with van der Waals surface area (Å²) in [5.74, 6) is 0. The smallest absolute Gasteiger partial charge is 0.0325 e. The Kier molecular flexibility index (Phi) is 6.31. The van der Waals surface area contributed by atoms with Gasteiger partial charge in [0.05, 0.1) is 0 Å². The summed E-state index contributed by atoms with van der Waals surface area (Å²) in [5, 5.41) is 2.13. The van der Waals surface area contributed by atoms with Gasteiger partial charge in [-0.25, -0.2) is 0 Å². The summed E-state index contributed by atoms with van der Waals surface area (Å²) in [6.07, 6.45) is 2.16. The minimum atomic E-state index is 0.308. The predicted octanol–water partition coefficient (Wildman–Crippen LogP) is 4.10. The van der Waals surface area contributed by atoms with Gasteiger partial charge < -0.3 is 10.6 Å². The molecule has 0 aliphatic carbocycles. The van der Waals surface area contributed by atoms with E-state index in [1.54, 1.807) is 11.3 Å². The van der Waals surface area contributed by atoms with Crippen LogP contribution in [0, 0.1) is 5.41 Å². The van der Waals surface area contributed by atoms with Gasteiger partial charge in [0, 0.05) is 27.3 Å². The number of hydrogen-bond donors (Lipinski definition) is 1. The monoisotopic (exact) mass is 332 g/mol. The van der Waals surface area contributed by atoms with E-state index in [4.69, 9.17) is 5.73 Å². The molecule has 0 spiro atoms. The molecule has 0 fully saturated rings. The van der Waals surface area contributed by atoms with Crippen LogP contribution in [0.1, 0.15) is 38.5 Å². The molecule has 1 rings (SSSR count). The summed E-state index contributed by atoms with van der Waals surface area (Å²) in [6, 6.07) is 2.50. The van der Waals surface area contributed by atoms with Gasteiger partial charge in [0.25, 0.3) is 0 Å². The molecule has 1 aromatic rings. The number of thiophene rings is 1. The van der Waals surface area contributed by atoms with E-state index in [2.05, 4.69) is 60.1 Å². The molecule has 4 heteroatoms. The number of halogens is 1. The molecule has 0 bridgehead atoms. The van der Waals surface area contributed by atoms with Crippen molar-refractivity contribution in [3.63, 3.8) is 0 Å². The third-order valence-electron chi connectivity index (χ3n) is 2.80. The lowest BCUT2D eigenvalue weighted by Gasteiger charge is -2.25. The Morgan fingerprint density at radius 2 is 2.11 bits per heavy atom. The van der Waals surface area contributed by atoms with E-state index in [0.29, 0.717) is 11.5 Å². The van der Waals surface area contributed by atoms with Crippen molar-refractivity contribution in [3.05, 3.63) is 20.8 Å².